The summed E-state index contributed by atoms with van der Waals surface area (Å²) in [7, 11) is 0. The molecule has 0 aliphatic carbocycles. The maximum Gasteiger partial charge on any atom is 0.236 e. The zero-order chi connectivity index (χ0) is 10.7. The first kappa shape index (κ1) is 10.5. The average molecular weight is 286 g/mol. The van der Waals surface area contributed by atoms with Crippen molar-refractivity contribution in [2.75, 3.05) is 5.73 Å². The standard InChI is InChI=1S/C9H8BrN3OS/c10-6-1-2-7(11)8(3-6)15-4-9-12-5-13-14-9/h1-3,5H,4,11H2. The molecule has 0 atom stereocenters. The molecule has 0 bridgehead atoms. The number of benzene rings is 1. The Bertz CT molecular complexity index is 447. The lowest BCUT2D eigenvalue weighted by Gasteiger charge is -2.03. The third kappa shape index (κ3) is 2.73. The molecule has 0 spiro atoms. The molecule has 0 saturated carbocycles. The highest BCUT2D eigenvalue weighted by Crippen LogP contribution is 2.30. The lowest BCUT2D eigenvalue weighted by molar-refractivity contribution is 0.390. The lowest BCUT2D eigenvalue weighted by Crippen LogP contribution is -1.89. The highest BCUT2D eigenvalue weighted by atomic mass is 79.9. The van der Waals surface area contributed by atoms with E-state index >= 15 is 0 Å². The van der Waals surface area contributed by atoms with Crippen LogP contribution in [0.5, 0.6) is 0 Å². The minimum absolute atomic E-state index is 0.597. The van der Waals surface area contributed by atoms with Gasteiger partial charge < -0.3 is 10.3 Å². The van der Waals surface area contributed by atoms with Crippen LogP contribution in [0.1, 0.15) is 5.89 Å². The maximum absolute atomic E-state index is 5.82. The predicted molar refractivity (Wildman–Crippen MR) is 62.4 cm³/mol. The fourth-order valence-electron chi connectivity index (χ4n) is 1.03. The van der Waals surface area contributed by atoms with E-state index in [0.717, 1.165) is 15.1 Å². The third-order valence-electron chi connectivity index (χ3n) is 1.73. The molecule has 0 amide bonds. The first-order chi connectivity index (χ1) is 7.25. The van der Waals surface area contributed by atoms with Gasteiger partial charge in [0.2, 0.25) is 5.89 Å². The Morgan fingerprint density at radius 2 is 2.33 bits per heavy atom. The number of hydrogen-bond acceptors (Lipinski definition) is 5. The third-order valence-corrected chi connectivity index (χ3v) is 3.28. The van der Waals surface area contributed by atoms with Gasteiger partial charge in [0.25, 0.3) is 0 Å². The summed E-state index contributed by atoms with van der Waals surface area (Å²) in [5, 5.41) is 3.53. The van der Waals surface area contributed by atoms with Gasteiger partial charge >= 0.3 is 0 Å². The smallest absolute Gasteiger partial charge is 0.236 e. The molecule has 1 aromatic carbocycles. The highest BCUT2D eigenvalue weighted by molar-refractivity contribution is 9.10. The number of nitrogens with zero attached hydrogens (tertiary/aromatic N) is 2. The maximum atomic E-state index is 5.82. The van der Waals surface area contributed by atoms with Crippen LogP contribution in [0.4, 0.5) is 5.69 Å². The van der Waals surface area contributed by atoms with E-state index in [1.54, 1.807) is 11.8 Å². The molecular formula is C9H8BrN3OS. The molecule has 2 rings (SSSR count). The SMILES string of the molecule is Nc1ccc(Br)cc1SCc1ncno1. The van der Waals surface area contributed by atoms with E-state index < -0.39 is 0 Å². The minimum atomic E-state index is 0.597. The molecule has 0 fully saturated rings. The van der Waals surface area contributed by atoms with Crippen LogP contribution in [0.25, 0.3) is 0 Å². The quantitative estimate of drug-likeness (QED) is 0.694. The average Bonchev–Trinajstić information content (AvgIpc) is 2.72. The summed E-state index contributed by atoms with van der Waals surface area (Å²) in [6.45, 7) is 0. The van der Waals surface area contributed by atoms with Crippen molar-refractivity contribution < 1.29 is 4.52 Å². The Kier molecular flexibility index (Phi) is 3.27. The van der Waals surface area contributed by atoms with Crippen molar-refractivity contribution in [3.05, 3.63) is 34.9 Å². The Morgan fingerprint density at radius 3 is 3.07 bits per heavy atom. The van der Waals surface area contributed by atoms with Crippen LogP contribution in [-0.2, 0) is 5.75 Å². The molecule has 15 heavy (non-hydrogen) atoms. The molecule has 2 aromatic rings. The van der Waals surface area contributed by atoms with Crippen LogP contribution < -0.4 is 5.73 Å². The summed E-state index contributed by atoms with van der Waals surface area (Å²) >= 11 is 4.96. The number of nitrogens with two attached hydrogens (primary N) is 1. The van der Waals surface area contributed by atoms with E-state index in [0.29, 0.717) is 11.6 Å². The van der Waals surface area contributed by atoms with E-state index in [1.165, 1.54) is 6.33 Å². The zero-order valence-electron chi connectivity index (χ0n) is 7.68. The summed E-state index contributed by atoms with van der Waals surface area (Å²) < 4.78 is 5.90. The summed E-state index contributed by atoms with van der Waals surface area (Å²) in [4.78, 5) is 4.93. The monoisotopic (exact) mass is 285 g/mol. The number of halogens is 1. The Balaban J connectivity index is 2.07. The highest BCUT2D eigenvalue weighted by Gasteiger charge is 2.04. The molecule has 1 heterocycles. The van der Waals surface area contributed by atoms with Gasteiger partial charge in [-0.15, -0.1) is 11.8 Å². The van der Waals surface area contributed by atoms with Gasteiger partial charge in [0.05, 0.1) is 5.75 Å². The van der Waals surface area contributed by atoms with Gasteiger partial charge in [0, 0.05) is 15.1 Å². The predicted octanol–water partition coefficient (Wildman–Crippen LogP) is 2.71. The number of thioether (sulfide) groups is 1. The van der Waals surface area contributed by atoms with Crippen molar-refractivity contribution in [3.8, 4) is 0 Å². The van der Waals surface area contributed by atoms with Crippen molar-refractivity contribution in [2.45, 2.75) is 10.6 Å². The number of aromatic nitrogens is 2. The first-order valence-electron chi connectivity index (χ1n) is 4.19. The van der Waals surface area contributed by atoms with Crippen LogP contribution in [0.3, 0.4) is 0 Å². The van der Waals surface area contributed by atoms with Crippen molar-refractivity contribution in [1.29, 1.82) is 0 Å². The molecule has 0 radical (unpaired) electrons. The normalized spacial score (nSPS) is 10.5. The molecule has 78 valence electrons. The van der Waals surface area contributed by atoms with Crippen LogP contribution in [0.2, 0.25) is 0 Å². The van der Waals surface area contributed by atoms with E-state index in [1.807, 2.05) is 18.2 Å². The number of nitrogen functional groups attached to an aromatic ring is 1. The fourth-order valence-corrected chi connectivity index (χ4v) is 2.40. The van der Waals surface area contributed by atoms with E-state index in [9.17, 15) is 0 Å². The topological polar surface area (TPSA) is 64.9 Å². The van der Waals surface area contributed by atoms with Crippen LogP contribution >= 0.6 is 27.7 Å². The summed E-state index contributed by atoms with van der Waals surface area (Å²) in [5.74, 6) is 1.22. The zero-order valence-corrected chi connectivity index (χ0v) is 10.1. The minimum Gasteiger partial charge on any atom is -0.398 e. The van der Waals surface area contributed by atoms with Crippen LogP contribution in [0.15, 0.2) is 38.4 Å². The van der Waals surface area contributed by atoms with Crippen LogP contribution in [-0.4, -0.2) is 10.1 Å². The van der Waals surface area contributed by atoms with Gasteiger partial charge in [0.1, 0.15) is 0 Å². The summed E-state index contributed by atoms with van der Waals surface area (Å²) in [6, 6.07) is 5.74. The van der Waals surface area contributed by atoms with E-state index in [4.69, 9.17) is 10.3 Å². The van der Waals surface area contributed by atoms with E-state index in [-0.39, 0.29) is 0 Å². The molecule has 6 heteroatoms. The van der Waals surface area contributed by atoms with Gasteiger partial charge in [-0.25, -0.2) is 0 Å². The van der Waals surface area contributed by atoms with Gasteiger partial charge in [-0.1, -0.05) is 21.1 Å². The molecule has 2 N–H and O–H groups in total. The number of anilines is 1. The second-order valence-electron chi connectivity index (χ2n) is 2.81. The summed E-state index contributed by atoms with van der Waals surface area (Å²) in [6.07, 6.45) is 1.39. The Hall–Kier alpha value is -1.01. The molecule has 1 aromatic heterocycles. The Labute approximate surface area is 99.4 Å². The van der Waals surface area contributed by atoms with E-state index in [2.05, 4.69) is 26.1 Å². The number of rotatable bonds is 3. The molecule has 0 aliphatic heterocycles. The molecule has 0 aliphatic rings. The fraction of sp³-hybridized carbons (Fsp3) is 0.111. The lowest BCUT2D eigenvalue weighted by atomic mass is 10.3. The molecule has 0 unspecified atom stereocenters. The van der Waals surface area contributed by atoms with Crippen molar-refractivity contribution >= 4 is 33.4 Å². The van der Waals surface area contributed by atoms with Crippen molar-refractivity contribution in [3.63, 3.8) is 0 Å². The second-order valence-corrected chi connectivity index (χ2v) is 4.74. The largest absolute Gasteiger partial charge is 0.398 e. The first-order valence-corrected chi connectivity index (χ1v) is 5.97. The van der Waals surface area contributed by atoms with Crippen molar-refractivity contribution in [2.24, 2.45) is 0 Å². The van der Waals surface area contributed by atoms with Crippen LogP contribution in [0, 0.1) is 0 Å². The molecular weight excluding hydrogens is 278 g/mol. The van der Waals surface area contributed by atoms with Gasteiger partial charge in [-0.05, 0) is 18.2 Å². The van der Waals surface area contributed by atoms with Gasteiger partial charge in [0.15, 0.2) is 6.33 Å². The van der Waals surface area contributed by atoms with Gasteiger partial charge in [-0.3, -0.25) is 0 Å². The van der Waals surface area contributed by atoms with Crippen molar-refractivity contribution in [1.82, 2.24) is 10.1 Å². The molecule has 0 saturated heterocycles. The van der Waals surface area contributed by atoms with Gasteiger partial charge in [-0.2, -0.15) is 4.98 Å². The Morgan fingerprint density at radius 1 is 1.47 bits per heavy atom. The second kappa shape index (κ2) is 4.67. The molecule has 4 nitrogen and oxygen atoms in total. The number of hydrogen-bond donors (Lipinski definition) is 1. The summed E-state index contributed by atoms with van der Waals surface area (Å²) in [5.41, 5.74) is 6.57.